The van der Waals surface area contributed by atoms with Crippen LogP contribution in [0.5, 0.6) is 0 Å². The Morgan fingerprint density at radius 2 is 2.00 bits per heavy atom. The van der Waals surface area contributed by atoms with Crippen LogP contribution < -0.4 is 0 Å². The lowest BCUT2D eigenvalue weighted by Gasteiger charge is -2.39. The summed E-state index contributed by atoms with van der Waals surface area (Å²) >= 11 is 5.81. The molecule has 6 heteroatoms. The lowest BCUT2D eigenvalue weighted by molar-refractivity contribution is -0.0472. The maximum atomic E-state index is 11.5. The molecule has 0 bridgehead atoms. The maximum Gasteiger partial charge on any atom is 0.472 e. The van der Waals surface area contributed by atoms with Crippen molar-refractivity contribution in [3.8, 4) is 0 Å². The number of rotatable bonds is 1. The van der Waals surface area contributed by atoms with E-state index < -0.39 is 13.9 Å². The van der Waals surface area contributed by atoms with Crippen LogP contribution in [-0.2, 0) is 13.6 Å². The predicted molar refractivity (Wildman–Crippen MR) is 64.8 cm³/mol. The summed E-state index contributed by atoms with van der Waals surface area (Å²) in [5.41, 5.74) is 0.446. The lowest BCUT2D eigenvalue weighted by Crippen LogP contribution is -2.33. The van der Waals surface area contributed by atoms with E-state index in [-0.39, 0.29) is 12.0 Å². The molecule has 0 amide bonds. The van der Waals surface area contributed by atoms with Crippen molar-refractivity contribution in [2.45, 2.75) is 20.0 Å². The molecule has 4 nitrogen and oxygen atoms in total. The highest BCUT2D eigenvalue weighted by atomic mass is 35.5. The zero-order valence-electron chi connectivity index (χ0n) is 9.59. The van der Waals surface area contributed by atoms with Gasteiger partial charge in [0, 0.05) is 10.4 Å². The fourth-order valence-corrected chi connectivity index (χ4v) is 3.14. The highest BCUT2D eigenvalue weighted by Gasteiger charge is 2.44. The van der Waals surface area contributed by atoms with E-state index in [2.05, 4.69) is 0 Å². The van der Waals surface area contributed by atoms with E-state index in [4.69, 9.17) is 20.6 Å². The van der Waals surface area contributed by atoms with Crippen molar-refractivity contribution < 1.29 is 18.5 Å². The Morgan fingerprint density at radius 3 is 2.59 bits per heavy atom. The summed E-state index contributed by atoms with van der Waals surface area (Å²) < 4.78 is 21.4. The molecule has 1 N–H and O–H groups in total. The van der Waals surface area contributed by atoms with Crippen LogP contribution in [0.4, 0.5) is 0 Å². The molecule has 0 spiro atoms. The van der Waals surface area contributed by atoms with Gasteiger partial charge in [0.25, 0.3) is 0 Å². The molecule has 0 radical (unpaired) electrons. The zero-order chi connectivity index (χ0) is 12.7. The minimum Gasteiger partial charge on any atom is -0.302 e. The fraction of sp³-hybridized carbons (Fsp3) is 0.455. The highest BCUT2D eigenvalue weighted by Crippen LogP contribution is 2.58. The Bertz CT molecular complexity index is 457. The number of hydrogen-bond acceptors (Lipinski definition) is 3. The Balaban J connectivity index is 2.33. The molecule has 2 rings (SSSR count). The van der Waals surface area contributed by atoms with E-state index in [0.717, 1.165) is 5.56 Å². The second-order valence-electron chi connectivity index (χ2n) is 4.77. The monoisotopic (exact) mass is 276 g/mol. The molecule has 1 saturated heterocycles. The summed E-state index contributed by atoms with van der Waals surface area (Å²) in [5, 5.41) is 0.616. The largest absolute Gasteiger partial charge is 0.472 e. The highest BCUT2D eigenvalue weighted by molar-refractivity contribution is 7.47. The Hall–Kier alpha value is -0.380. The van der Waals surface area contributed by atoms with Crippen LogP contribution in [0, 0.1) is 5.41 Å². The van der Waals surface area contributed by atoms with Crippen molar-refractivity contribution in [1.82, 2.24) is 0 Å². The van der Waals surface area contributed by atoms with Crippen molar-refractivity contribution in [1.29, 1.82) is 0 Å². The molecule has 0 aliphatic carbocycles. The smallest absolute Gasteiger partial charge is 0.302 e. The van der Waals surface area contributed by atoms with Gasteiger partial charge in [-0.25, -0.2) is 4.57 Å². The molecule has 0 saturated carbocycles. The van der Waals surface area contributed by atoms with Crippen molar-refractivity contribution in [3.05, 3.63) is 34.9 Å². The van der Waals surface area contributed by atoms with Crippen molar-refractivity contribution in [3.63, 3.8) is 0 Å². The lowest BCUT2D eigenvalue weighted by atomic mass is 9.83. The predicted octanol–water partition coefficient (Wildman–Crippen LogP) is 3.55. The Kier molecular flexibility index (Phi) is 3.36. The summed E-state index contributed by atoms with van der Waals surface area (Å²) in [6.45, 7) is 4.02. The summed E-state index contributed by atoms with van der Waals surface area (Å²) in [4.78, 5) is 9.38. The van der Waals surface area contributed by atoms with Gasteiger partial charge in [-0.2, -0.15) is 0 Å². The molecule has 1 aromatic rings. The first-order valence-electron chi connectivity index (χ1n) is 5.21. The first-order valence-corrected chi connectivity index (χ1v) is 7.09. The van der Waals surface area contributed by atoms with Gasteiger partial charge in [-0.1, -0.05) is 37.6 Å². The Morgan fingerprint density at radius 1 is 1.41 bits per heavy atom. The van der Waals surface area contributed by atoms with Gasteiger partial charge in [-0.3, -0.25) is 9.05 Å². The molecule has 17 heavy (non-hydrogen) atoms. The minimum absolute atomic E-state index is 0.175. The molecular weight excluding hydrogens is 263 g/mol. The molecule has 1 heterocycles. The summed E-state index contributed by atoms with van der Waals surface area (Å²) in [5.74, 6) is 0. The third-order valence-electron chi connectivity index (χ3n) is 2.72. The van der Waals surface area contributed by atoms with E-state index in [1.807, 2.05) is 13.8 Å². The van der Waals surface area contributed by atoms with E-state index in [1.54, 1.807) is 24.3 Å². The number of halogens is 1. The molecular formula is C11H14ClO4P. The number of hydrogen-bond donors (Lipinski definition) is 1. The number of phosphoric ester groups is 1. The molecule has 1 aliphatic heterocycles. The van der Waals surface area contributed by atoms with Gasteiger partial charge in [0.05, 0.1) is 6.61 Å². The number of phosphoric acid groups is 1. The SMILES string of the molecule is CC1(C)COP(=O)(O)O[C@H]1c1ccc(Cl)cc1. The van der Waals surface area contributed by atoms with Crippen molar-refractivity contribution in [2.24, 2.45) is 5.41 Å². The second-order valence-corrected chi connectivity index (χ2v) is 6.61. The third-order valence-corrected chi connectivity index (χ3v) is 3.91. The maximum absolute atomic E-state index is 11.5. The number of benzene rings is 1. The topological polar surface area (TPSA) is 55.8 Å². The van der Waals surface area contributed by atoms with E-state index in [1.165, 1.54) is 0 Å². The molecule has 2 atom stereocenters. The van der Waals surface area contributed by atoms with Gasteiger partial charge in [0.2, 0.25) is 0 Å². The quantitative estimate of drug-likeness (QED) is 0.797. The average molecular weight is 277 g/mol. The van der Waals surface area contributed by atoms with Crippen LogP contribution in [0.15, 0.2) is 24.3 Å². The summed E-state index contributed by atoms with van der Waals surface area (Å²) in [7, 11) is -3.93. The average Bonchev–Trinajstić information content (AvgIpc) is 2.24. The van der Waals surface area contributed by atoms with Crippen LogP contribution >= 0.6 is 19.4 Å². The second kappa shape index (κ2) is 4.38. The molecule has 1 fully saturated rings. The molecule has 1 aromatic carbocycles. The van der Waals surface area contributed by atoms with Crippen LogP contribution in [-0.4, -0.2) is 11.5 Å². The first-order chi connectivity index (χ1) is 7.80. The molecule has 94 valence electrons. The minimum atomic E-state index is -3.93. The van der Waals surface area contributed by atoms with Gasteiger partial charge in [0.1, 0.15) is 6.10 Å². The van der Waals surface area contributed by atoms with Crippen molar-refractivity contribution >= 4 is 19.4 Å². The van der Waals surface area contributed by atoms with E-state index >= 15 is 0 Å². The standard InChI is InChI=1S/C11H14ClO4P/c1-11(2)7-15-17(13,14)16-10(11)8-3-5-9(12)6-4-8/h3-6,10H,7H2,1-2H3,(H,13,14)/t10-/m0/s1. The zero-order valence-corrected chi connectivity index (χ0v) is 11.2. The van der Waals surface area contributed by atoms with Crippen LogP contribution in [0.1, 0.15) is 25.5 Å². The van der Waals surface area contributed by atoms with E-state index in [9.17, 15) is 9.46 Å². The van der Waals surface area contributed by atoms with Crippen LogP contribution in [0.2, 0.25) is 5.02 Å². The molecule has 1 aliphatic rings. The van der Waals surface area contributed by atoms with Gasteiger partial charge in [-0.05, 0) is 17.7 Å². The van der Waals surface area contributed by atoms with Crippen LogP contribution in [0.25, 0.3) is 0 Å². The summed E-state index contributed by atoms with van der Waals surface area (Å²) in [6, 6.07) is 7.04. The first kappa shape index (κ1) is 13.1. The summed E-state index contributed by atoms with van der Waals surface area (Å²) in [6.07, 6.45) is -0.482. The normalized spacial score (nSPS) is 32.4. The Labute approximate surface area is 105 Å². The van der Waals surface area contributed by atoms with Gasteiger partial charge in [-0.15, -0.1) is 0 Å². The van der Waals surface area contributed by atoms with Crippen LogP contribution in [0.3, 0.4) is 0 Å². The van der Waals surface area contributed by atoms with Crippen molar-refractivity contribution in [2.75, 3.05) is 6.61 Å². The van der Waals surface area contributed by atoms with Gasteiger partial charge in [0.15, 0.2) is 0 Å². The van der Waals surface area contributed by atoms with Gasteiger partial charge >= 0.3 is 7.82 Å². The van der Waals surface area contributed by atoms with Gasteiger partial charge < -0.3 is 4.89 Å². The molecule has 0 aromatic heterocycles. The van der Waals surface area contributed by atoms with E-state index in [0.29, 0.717) is 5.02 Å². The molecule has 1 unspecified atom stereocenters. The third kappa shape index (κ3) is 2.90. The fourth-order valence-electron chi connectivity index (χ4n) is 1.78.